The number of H-pyrrole nitrogens is 1. The molecule has 6 heteroatoms. The van der Waals surface area contributed by atoms with Crippen molar-refractivity contribution in [2.24, 2.45) is 0 Å². The van der Waals surface area contributed by atoms with Gasteiger partial charge in [0.05, 0.1) is 17.1 Å². The average molecular weight is 280 g/mol. The average Bonchev–Trinajstić information content (AvgIpc) is 2.89. The Bertz CT molecular complexity index is 470. The number of anilines is 1. The molecule has 20 heavy (non-hydrogen) atoms. The highest BCUT2D eigenvalue weighted by Crippen LogP contribution is 2.22. The molecular weight excluding hydrogens is 256 g/mol. The number of aromatic nitrogens is 2. The second kappa shape index (κ2) is 5.34. The van der Waals surface area contributed by atoms with Crippen molar-refractivity contribution in [3.8, 4) is 0 Å². The summed E-state index contributed by atoms with van der Waals surface area (Å²) in [5, 5.41) is 10.6. The number of hydrogen-bond donors (Lipinski definition) is 2. The molecule has 6 nitrogen and oxygen atoms in total. The summed E-state index contributed by atoms with van der Waals surface area (Å²) in [6.45, 7) is 11.0. The number of nitrogens with one attached hydrogen (secondary N) is 2. The molecule has 1 atom stereocenters. The van der Waals surface area contributed by atoms with E-state index in [1.807, 2.05) is 34.6 Å². The number of carbonyl (C=O) groups is 1. The predicted octanol–water partition coefficient (Wildman–Crippen LogP) is 2.45. The van der Waals surface area contributed by atoms with E-state index in [1.54, 1.807) is 4.90 Å². The minimum absolute atomic E-state index is 0.234. The molecule has 1 aromatic rings. The molecule has 0 bridgehead atoms. The van der Waals surface area contributed by atoms with Gasteiger partial charge in [0.15, 0.2) is 0 Å². The number of nitrogens with zero attached hydrogens (tertiary/aromatic N) is 2. The Morgan fingerprint density at radius 1 is 1.45 bits per heavy atom. The summed E-state index contributed by atoms with van der Waals surface area (Å²) in [6, 6.07) is 0.248. The smallest absolute Gasteiger partial charge is 0.410 e. The van der Waals surface area contributed by atoms with Gasteiger partial charge in [0.2, 0.25) is 0 Å². The molecule has 2 heterocycles. The minimum atomic E-state index is -0.444. The molecule has 0 aromatic carbocycles. The lowest BCUT2D eigenvalue weighted by Gasteiger charge is -2.24. The van der Waals surface area contributed by atoms with Crippen LogP contribution in [0.1, 0.15) is 38.6 Å². The molecule has 2 rings (SSSR count). The molecule has 1 amide bonds. The first-order valence-electron chi connectivity index (χ1n) is 7.02. The summed E-state index contributed by atoms with van der Waals surface area (Å²) >= 11 is 0. The maximum absolute atomic E-state index is 12.0. The van der Waals surface area contributed by atoms with Crippen LogP contribution in [0, 0.1) is 13.8 Å². The van der Waals surface area contributed by atoms with Gasteiger partial charge in [0, 0.05) is 19.1 Å². The molecule has 112 valence electrons. The Morgan fingerprint density at radius 2 is 2.15 bits per heavy atom. The summed E-state index contributed by atoms with van der Waals surface area (Å²) < 4.78 is 5.39. The first kappa shape index (κ1) is 14.7. The molecule has 0 saturated carbocycles. The topological polar surface area (TPSA) is 70.2 Å². The standard InChI is InChI=1S/C14H24N4O2/c1-9-12(10(2)17-16-9)15-11-6-7-18(8-11)13(19)20-14(3,4)5/h11,15H,6-8H2,1-5H3,(H,16,17). The first-order valence-corrected chi connectivity index (χ1v) is 7.02. The summed E-state index contributed by atoms with van der Waals surface area (Å²) in [5.41, 5.74) is 2.58. The van der Waals surface area contributed by atoms with Gasteiger partial charge in [-0.15, -0.1) is 0 Å². The highest BCUT2D eigenvalue weighted by Gasteiger charge is 2.30. The van der Waals surface area contributed by atoms with E-state index in [1.165, 1.54) is 0 Å². The molecule has 1 fully saturated rings. The number of aromatic amines is 1. The highest BCUT2D eigenvalue weighted by atomic mass is 16.6. The van der Waals surface area contributed by atoms with Gasteiger partial charge >= 0.3 is 6.09 Å². The van der Waals surface area contributed by atoms with E-state index in [4.69, 9.17) is 4.74 Å². The van der Waals surface area contributed by atoms with E-state index in [0.717, 1.165) is 30.0 Å². The van der Waals surface area contributed by atoms with Crippen molar-refractivity contribution in [3.63, 3.8) is 0 Å². The maximum atomic E-state index is 12.0. The fraction of sp³-hybridized carbons (Fsp3) is 0.714. The molecule has 1 aliphatic rings. The Balaban J connectivity index is 1.91. The van der Waals surface area contributed by atoms with E-state index in [0.29, 0.717) is 6.54 Å². The fourth-order valence-electron chi connectivity index (χ4n) is 2.34. The van der Waals surface area contributed by atoms with E-state index in [-0.39, 0.29) is 12.1 Å². The van der Waals surface area contributed by atoms with E-state index in [9.17, 15) is 4.79 Å². The lowest BCUT2D eigenvalue weighted by molar-refractivity contribution is 0.0293. The molecule has 1 saturated heterocycles. The fourth-order valence-corrected chi connectivity index (χ4v) is 2.34. The van der Waals surface area contributed by atoms with Crippen LogP contribution in [0.4, 0.5) is 10.5 Å². The maximum Gasteiger partial charge on any atom is 0.410 e. The summed E-state index contributed by atoms with van der Waals surface area (Å²) in [5.74, 6) is 0. The first-order chi connectivity index (χ1) is 9.26. The third-order valence-corrected chi connectivity index (χ3v) is 3.32. The second-order valence-electron chi connectivity index (χ2n) is 6.37. The van der Waals surface area contributed by atoms with Crippen LogP contribution < -0.4 is 5.32 Å². The van der Waals surface area contributed by atoms with Gasteiger partial charge < -0.3 is 15.0 Å². The third kappa shape index (κ3) is 3.43. The van der Waals surface area contributed by atoms with E-state index < -0.39 is 5.60 Å². The summed E-state index contributed by atoms with van der Waals surface area (Å²) in [7, 11) is 0. The zero-order valence-corrected chi connectivity index (χ0v) is 12.9. The number of ether oxygens (including phenoxy) is 1. The molecule has 1 unspecified atom stereocenters. The monoisotopic (exact) mass is 280 g/mol. The molecule has 0 aliphatic carbocycles. The van der Waals surface area contributed by atoms with E-state index in [2.05, 4.69) is 15.5 Å². The number of hydrogen-bond acceptors (Lipinski definition) is 4. The zero-order chi connectivity index (χ0) is 14.9. The van der Waals surface area contributed by atoms with Crippen LogP contribution in [-0.2, 0) is 4.74 Å². The van der Waals surface area contributed by atoms with Gasteiger partial charge in [-0.2, -0.15) is 5.10 Å². The molecule has 1 aromatic heterocycles. The Hall–Kier alpha value is -1.72. The van der Waals surface area contributed by atoms with Gasteiger partial charge in [-0.05, 0) is 41.0 Å². The van der Waals surface area contributed by atoms with Gasteiger partial charge in [0.1, 0.15) is 5.60 Å². The van der Waals surface area contributed by atoms with Crippen molar-refractivity contribution in [2.45, 2.75) is 52.7 Å². The zero-order valence-electron chi connectivity index (χ0n) is 12.9. The Kier molecular flexibility index (Phi) is 3.92. The van der Waals surface area contributed by atoms with Crippen LogP contribution in [0.25, 0.3) is 0 Å². The molecule has 0 radical (unpaired) electrons. The lowest BCUT2D eigenvalue weighted by Crippen LogP contribution is -2.36. The van der Waals surface area contributed by atoms with Gasteiger partial charge in [-0.25, -0.2) is 4.79 Å². The van der Waals surface area contributed by atoms with Crippen molar-refractivity contribution in [1.29, 1.82) is 0 Å². The number of carbonyl (C=O) groups excluding carboxylic acids is 1. The predicted molar refractivity (Wildman–Crippen MR) is 77.9 cm³/mol. The largest absolute Gasteiger partial charge is 0.444 e. The van der Waals surface area contributed by atoms with Crippen molar-refractivity contribution >= 4 is 11.8 Å². The van der Waals surface area contributed by atoms with Crippen LogP contribution in [0.2, 0.25) is 0 Å². The van der Waals surface area contributed by atoms with Gasteiger partial charge in [-0.3, -0.25) is 5.10 Å². The number of rotatable bonds is 2. The highest BCUT2D eigenvalue weighted by molar-refractivity contribution is 5.68. The normalized spacial score (nSPS) is 19.2. The van der Waals surface area contributed by atoms with Crippen LogP contribution in [0.3, 0.4) is 0 Å². The Morgan fingerprint density at radius 3 is 2.70 bits per heavy atom. The van der Waals surface area contributed by atoms with Crippen molar-refractivity contribution in [1.82, 2.24) is 15.1 Å². The van der Waals surface area contributed by atoms with Crippen molar-refractivity contribution in [3.05, 3.63) is 11.4 Å². The van der Waals surface area contributed by atoms with Crippen molar-refractivity contribution < 1.29 is 9.53 Å². The van der Waals surface area contributed by atoms with Crippen LogP contribution in [0.5, 0.6) is 0 Å². The second-order valence-corrected chi connectivity index (χ2v) is 6.37. The van der Waals surface area contributed by atoms with Crippen LogP contribution in [0.15, 0.2) is 0 Å². The lowest BCUT2D eigenvalue weighted by atomic mass is 10.2. The minimum Gasteiger partial charge on any atom is -0.444 e. The molecular formula is C14H24N4O2. The van der Waals surface area contributed by atoms with Gasteiger partial charge in [-0.1, -0.05) is 0 Å². The molecule has 1 aliphatic heterocycles. The Labute approximate surface area is 119 Å². The summed E-state index contributed by atoms with van der Waals surface area (Å²) in [6.07, 6.45) is 0.686. The van der Waals surface area contributed by atoms with Crippen LogP contribution in [-0.4, -0.2) is 45.9 Å². The van der Waals surface area contributed by atoms with Gasteiger partial charge in [0.25, 0.3) is 0 Å². The number of aryl methyl sites for hydroxylation is 2. The number of likely N-dealkylation sites (tertiary alicyclic amines) is 1. The molecule has 2 N–H and O–H groups in total. The molecule has 0 spiro atoms. The summed E-state index contributed by atoms with van der Waals surface area (Å²) in [4.78, 5) is 13.8. The number of amides is 1. The van der Waals surface area contributed by atoms with Crippen molar-refractivity contribution in [2.75, 3.05) is 18.4 Å². The van der Waals surface area contributed by atoms with E-state index >= 15 is 0 Å². The third-order valence-electron chi connectivity index (χ3n) is 3.32. The SMILES string of the molecule is Cc1n[nH]c(C)c1NC1CCN(C(=O)OC(C)(C)C)C1. The quantitative estimate of drug-likeness (QED) is 0.873. The van der Waals surface area contributed by atoms with Crippen LogP contribution >= 0.6 is 0 Å².